The second-order valence-electron chi connectivity index (χ2n) is 17.4. The zero-order chi connectivity index (χ0) is 43.3. The number of nitrogens with zero attached hydrogens (tertiary/aromatic N) is 3. The molecule has 0 saturated carbocycles. The Bertz CT molecular complexity index is 3890. The highest BCUT2D eigenvalue weighted by Gasteiger charge is 2.51. The van der Waals surface area contributed by atoms with E-state index in [9.17, 15) is 0 Å². The van der Waals surface area contributed by atoms with Gasteiger partial charge in [-0.05, 0) is 95.7 Å². The van der Waals surface area contributed by atoms with Crippen molar-refractivity contribution in [3.05, 3.63) is 247 Å². The highest BCUT2D eigenvalue weighted by atomic mass is 32.1. The molecule has 2 aromatic heterocycles. The van der Waals surface area contributed by atoms with Crippen LogP contribution in [0.3, 0.4) is 0 Å². The Kier molecular flexibility index (Phi) is 8.07. The van der Waals surface area contributed by atoms with Crippen LogP contribution in [0.15, 0.2) is 224 Å². The molecule has 12 aromatic rings. The molecule has 2 heterocycles. The van der Waals surface area contributed by atoms with Gasteiger partial charge in [0.1, 0.15) is 0 Å². The molecule has 0 radical (unpaired) electrons. The number of fused-ring (bicyclic) bond motifs is 14. The van der Waals surface area contributed by atoms with Crippen LogP contribution in [0.4, 0.5) is 0 Å². The summed E-state index contributed by atoms with van der Waals surface area (Å²) in [5.41, 5.74) is 17.4. The minimum absolute atomic E-state index is 0.416. The maximum Gasteiger partial charge on any atom is 0.164 e. The van der Waals surface area contributed by atoms with Crippen molar-refractivity contribution >= 4 is 42.3 Å². The van der Waals surface area contributed by atoms with Crippen LogP contribution in [-0.4, -0.2) is 15.0 Å². The molecule has 0 amide bonds. The highest BCUT2D eigenvalue weighted by molar-refractivity contribution is 7.25. The van der Waals surface area contributed by atoms with Crippen molar-refractivity contribution in [2.75, 3.05) is 0 Å². The van der Waals surface area contributed by atoms with Crippen molar-refractivity contribution in [1.29, 1.82) is 0 Å². The number of hydrogen-bond acceptors (Lipinski definition) is 4. The summed E-state index contributed by atoms with van der Waals surface area (Å²) in [5, 5.41) is 5.04. The minimum Gasteiger partial charge on any atom is -0.208 e. The van der Waals surface area contributed by atoms with Gasteiger partial charge in [0, 0.05) is 36.9 Å². The van der Waals surface area contributed by atoms with Crippen LogP contribution in [0, 0.1) is 0 Å². The molecule has 4 heteroatoms. The summed E-state index contributed by atoms with van der Waals surface area (Å²) < 4.78 is 2.59. The summed E-state index contributed by atoms with van der Waals surface area (Å²) in [5.74, 6) is 1.91. The molecule has 0 fully saturated rings. The highest BCUT2D eigenvalue weighted by Crippen LogP contribution is 2.63. The molecule has 0 N–H and O–H groups in total. The Labute approximate surface area is 386 Å². The van der Waals surface area contributed by atoms with Gasteiger partial charge in [-0.15, -0.1) is 11.3 Å². The fraction of sp³-hybridized carbons (Fsp3) is 0.0161. The lowest BCUT2D eigenvalue weighted by atomic mass is 9.70. The van der Waals surface area contributed by atoms with Crippen molar-refractivity contribution in [2.24, 2.45) is 0 Å². The Morgan fingerprint density at radius 2 is 0.712 bits per heavy atom. The second-order valence-corrected chi connectivity index (χ2v) is 18.5. The van der Waals surface area contributed by atoms with Gasteiger partial charge >= 0.3 is 0 Å². The zero-order valence-electron chi connectivity index (χ0n) is 35.6. The van der Waals surface area contributed by atoms with Crippen molar-refractivity contribution in [3.63, 3.8) is 0 Å². The molecule has 0 aliphatic heterocycles. The van der Waals surface area contributed by atoms with Crippen LogP contribution < -0.4 is 0 Å². The molecule has 0 atom stereocenters. The number of thiophene rings is 1. The van der Waals surface area contributed by atoms with Crippen LogP contribution in [0.5, 0.6) is 0 Å². The molecule has 0 bridgehead atoms. The predicted molar refractivity (Wildman–Crippen MR) is 274 cm³/mol. The lowest BCUT2D eigenvalue weighted by Crippen LogP contribution is -2.25. The number of hydrogen-bond donors (Lipinski definition) is 0. The molecular formula is C62H37N3S. The largest absolute Gasteiger partial charge is 0.208 e. The quantitative estimate of drug-likeness (QED) is 0.173. The van der Waals surface area contributed by atoms with Gasteiger partial charge in [0.2, 0.25) is 0 Å². The Hall–Kier alpha value is -8.31. The summed E-state index contributed by atoms with van der Waals surface area (Å²) in [7, 11) is 0. The van der Waals surface area contributed by atoms with Gasteiger partial charge in [-0.2, -0.15) is 0 Å². The molecule has 10 aromatic carbocycles. The second kappa shape index (κ2) is 14.3. The third kappa shape index (κ3) is 5.40. The van der Waals surface area contributed by atoms with Gasteiger partial charge in [0.05, 0.1) is 5.41 Å². The Morgan fingerprint density at radius 1 is 0.288 bits per heavy atom. The molecule has 306 valence electrons. The molecule has 0 unspecified atom stereocenters. The molecule has 1 spiro atoms. The average Bonchev–Trinajstić information content (AvgIpc) is 4.03. The summed E-state index contributed by atoms with van der Waals surface area (Å²) >= 11 is 1.85. The third-order valence-electron chi connectivity index (χ3n) is 14.0. The topological polar surface area (TPSA) is 38.7 Å². The van der Waals surface area contributed by atoms with E-state index in [0.717, 1.165) is 27.8 Å². The van der Waals surface area contributed by atoms with Gasteiger partial charge in [-0.3, -0.25) is 0 Å². The van der Waals surface area contributed by atoms with E-state index in [0.29, 0.717) is 17.5 Å². The van der Waals surface area contributed by atoms with Gasteiger partial charge in [0.15, 0.2) is 17.5 Å². The zero-order valence-corrected chi connectivity index (χ0v) is 36.4. The van der Waals surface area contributed by atoms with E-state index in [1.165, 1.54) is 86.6 Å². The first-order chi connectivity index (χ1) is 32.7. The first kappa shape index (κ1) is 37.1. The van der Waals surface area contributed by atoms with E-state index in [1.807, 2.05) is 11.3 Å². The predicted octanol–water partition coefficient (Wildman–Crippen LogP) is 16.1. The van der Waals surface area contributed by atoms with E-state index in [1.54, 1.807) is 0 Å². The molecule has 3 nitrogen and oxygen atoms in total. The van der Waals surface area contributed by atoms with Crippen molar-refractivity contribution in [2.45, 2.75) is 5.41 Å². The maximum absolute atomic E-state index is 5.31. The first-order valence-electron chi connectivity index (χ1n) is 22.5. The van der Waals surface area contributed by atoms with Crippen LogP contribution in [0.25, 0.3) is 110 Å². The van der Waals surface area contributed by atoms with Crippen molar-refractivity contribution in [3.8, 4) is 78.7 Å². The van der Waals surface area contributed by atoms with Gasteiger partial charge < -0.3 is 0 Å². The van der Waals surface area contributed by atoms with Crippen molar-refractivity contribution in [1.82, 2.24) is 15.0 Å². The van der Waals surface area contributed by atoms with Gasteiger partial charge in [-0.25, -0.2) is 15.0 Å². The van der Waals surface area contributed by atoms with Gasteiger partial charge in [-0.1, -0.05) is 206 Å². The molecule has 14 rings (SSSR count). The van der Waals surface area contributed by atoms with E-state index in [4.69, 9.17) is 15.0 Å². The number of rotatable bonds is 5. The summed E-state index contributed by atoms with van der Waals surface area (Å²) in [4.78, 5) is 15.8. The molecule has 2 aliphatic rings. The van der Waals surface area contributed by atoms with Crippen LogP contribution in [-0.2, 0) is 5.41 Å². The Balaban J connectivity index is 0.925. The fourth-order valence-electron chi connectivity index (χ4n) is 11.1. The maximum atomic E-state index is 5.31. The molecule has 0 saturated heterocycles. The summed E-state index contributed by atoms with van der Waals surface area (Å²) in [6.45, 7) is 0. The van der Waals surface area contributed by atoms with E-state index >= 15 is 0 Å². The lowest BCUT2D eigenvalue weighted by Gasteiger charge is -2.30. The monoisotopic (exact) mass is 855 g/mol. The normalized spacial score (nSPS) is 13.0. The lowest BCUT2D eigenvalue weighted by molar-refractivity contribution is 0.794. The van der Waals surface area contributed by atoms with Crippen LogP contribution in [0.2, 0.25) is 0 Å². The van der Waals surface area contributed by atoms with Crippen LogP contribution in [0.1, 0.15) is 22.3 Å². The van der Waals surface area contributed by atoms with Crippen molar-refractivity contribution < 1.29 is 0 Å². The smallest absolute Gasteiger partial charge is 0.164 e. The standard InChI is InChI=1S/C62H37N3S/c1-2-15-44-38(13-1)14-11-20-45(44)39-27-31-41(32-28-39)59-63-60(42-33-29-40(30-34-42)46-21-12-26-57-58(46)50-19-6-10-25-56(50)66-57)65-61(64-59)43-35-36-55-51(37-43)49-18-5-9-24-54(49)62(55)52-22-7-3-16-47(52)48-17-4-8-23-53(48)62/h1-37H. The van der Waals surface area contributed by atoms with E-state index < -0.39 is 5.41 Å². The molecule has 66 heavy (non-hydrogen) atoms. The first-order valence-corrected chi connectivity index (χ1v) is 23.3. The molecule has 2 aliphatic carbocycles. The van der Waals surface area contributed by atoms with E-state index in [-0.39, 0.29) is 0 Å². The Morgan fingerprint density at radius 3 is 1.38 bits per heavy atom. The van der Waals surface area contributed by atoms with Gasteiger partial charge in [0.25, 0.3) is 0 Å². The summed E-state index contributed by atoms with van der Waals surface area (Å²) in [6.07, 6.45) is 0. The molecular weight excluding hydrogens is 819 g/mol. The fourth-order valence-corrected chi connectivity index (χ4v) is 12.2. The summed E-state index contributed by atoms with van der Waals surface area (Å²) in [6, 6.07) is 81.4. The van der Waals surface area contributed by atoms with Crippen LogP contribution >= 0.6 is 11.3 Å². The van der Waals surface area contributed by atoms with E-state index in [2.05, 4.69) is 224 Å². The third-order valence-corrected chi connectivity index (χ3v) is 15.1. The number of aromatic nitrogens is 3. The number of benzene rings is 10. The minimum atomic E-state index is -0.416. The SMILES string of the molecule is c1ccc2c(c1)-c1ccccc1C21c2ccccc2-c2cc(-c3nc(-c4ccc(-c5cccc6ccccc56)cc4)nc(-c4ccc(-c5cccc6sc7ccccc7c56)cc4)n3)ccc21. The average molecular weight is 856 g/mol.